The summed E-state index contributed by atoms with van der Waals surface area (Å²) in [6, 6.07) is 1.21. The zero-order valence-electron chi connectivity index (χ0n) is 10.6. The summed E-state index contributed by atoms with van der Waals surface area (Å²) >= 11 is 6.63. The second-order valence-corrected chi connectivity index (χ2v) is 5.89. The number of thiophene rings is 1. The molecule has 1 aromatic rings. The Labute approximate surface area is 124 Å². The number of nitrogens with zero attached hydrogens (tertiary/aromatic N) is 2. The van der Waals surface area contributed by atoms with Gasteiger partial charge in [-0.25, -0.2) is 0 Å². The van der Waals surface area contributed by atoms with Crippen molar-refractivity contribution in [2.45, 2.75) is 0 Å². The fourth-order valence-corrected chi connectivity index (χ4v) is 2.97. The Balaban J connectivity index is 1.82. The Kier molecular flexibility index (Phi) is 5.30. The van der Waals surface area contributed by atoms with Gasteiger partial charge in [0.1, 0.15) is 4.88 Å². The highest BCUT2D eigenvalue weighted by Gasteiger charge is 2.21. The van der Waals surface area contributed by atoms with Gasteiger partial charge in [0.15, 0.2) is 4.34 Å². The van der Waals surface area contributed by atoms with Gasteiger partial charge >= 0.3 is 0 Å². The van der Waals surface area contributed by atoms with Crippen LogP contribution in [-0.4, -0.2) is 55.1 Å². The van der Waals surface area contributed by atoms with E-state index in [1.807, 2.05) is 0 Å². The minimum absolute atomic E-state index is 0.0216. The molecule has 0 spiro atoms. The van der Waals surface area contributed by atoms with Gasteiger partial charge in [0.05, 0.1) is 18.1 Å². The van der Waals surface area contributed by atoms with Gasteiger partial charge in [-0.15, -0.1) is 11.3 Å². The Bertz CT molecular complexity index is 502. The van der Waals surface area contributed by atoms with Gasteiger partial charge in [-0.3, -0.25) is 19.8 Å². The van der Waals surface area contributed by atoms with Gasteiger partial charge in [0, 0.05) is 32.2 Å². The van der Waals surface area contributed by atoms with E-state index in [0.29, 0.717) is 19.8 Å². The molecule has 110 valence electrons. The van der Waals surface area contributed by atoms with Gasteiger partial charge in [0.2, 0.25) is 0 Å². The van der Waals surface area contributed by atoms with Crippen LogP contribution in [0, 0.1) is 10.1 Å². The lowest BCUT2D eigenvalue weighted by atomic mass is 10.4. The summed E-state index contributed by atoms with van der Waals surface area (Å²) < 4.78 is 5.25. The Morgan fingerprint density at radius 1 is 1.55 bits per heavy atom. The first-order chi connectivity index (χ1) is 9.58. The van der Waals surface area contributed by atoms with Crippen LogP contribution in [0.25, 0.3) is 0 Å². The highest BCUT2D eigenvalue weighted by Crippen LogP contribution is 2.33. The van der Waals surface area contributed by atoms with Crippen molar-refractivity contribution in [2.24, 2.45) is 0 Å². The van der Waals surface area contributed by atoms with Gasteiger partial charge in [0.25, 0.3) is 11.6 Å². The molecule has 1 aliphatic rings. The Morgan fingerprint density at radius 2 is 2.25 bits per heavy atom. The van der Waals surface area contributed by atoms with Crippen molar-refractivity contribution in [3.05, 3.63) is 25.4 Å². The van der Waals surface area contributed by atoms with Crippen molar-refractivity contribution < 1.29 is 14.5 Å². The predicted octanol–water partition coefficient (Wildman–Crippen LogP) is 1.37. The van der Waals surface area contributed by atoms with Crippen LogP contribution in [0.5, 0.6) is 0 Å². The zero-order chi connectivity index (χ0) is 14.5. The molecule has 0 bridgehead atoms. The average Bonchev–Trinajstić information content (AvgIpc) is 2.82. The number of halogens is 1. The quantitative estimate of drug-likeness (QED) is 0.654. The Morgan fingerprint density at radius 3 is 2.85 bits per heavy atom. The number of hydrogen-bond donors (Lipinski definition) is 1. The first-order valence-electron chi connectivity index (χ1n) is 6.10. The van der Waals surface area contributed by atoms with Gasteiger partial charge in [-0.2, -0.15) is 0 Å². The maximum atomic E-state index is 11.8. The molecule has 9 heteroatoms. The normalized spacial score (nSPS) is 16.1. The molecule has 1 aliphatic heterocycles. The number of rotatable bonds is 5. The average molecular weight is 320 g/mol. The first-order valence-corrected chi connectivity index (χ1v) is 7.29. The molecule has 1 saturated heterocycles. The third-order valence-electron chi connectivity index (χ3n) is 2.91. The second kappa shape index (κ2) is 6.98. The number of amides is 1. The third kappa shape index (κ3) is 3.89. The molecule has 0 atom stereocenters. The SMILES string of the molecule is O=C(NCCN1CCOCC1)c1cc([N+](=O)[O-])c(Cl)s1. The zero-order valence-corrected chi connectivity index (χ0v) is 12.2. The van der Waals surface area contributed by atoms with Crippen molar-refractivity contribution in [3.63, 3.8) is 0 Å². The largest absolute Gasteiger partial charge is 0.379 e. The second-order valence-electron chi connectivity index (χ2n) is 4.24. The van der Waals surface area contributed by atoms with Crippen LogP contribution >= 0.6 is 22.9 Å². The van der Waals surface area contributed by atoms with E-state index in [4.69, 9.17) is 16.3 Å². The molecule has 2 heterocycles. The molecule has 20 heavy (non-hydrogen) atoms. The molecule has 1 fully saturated rings. The lowest BCUT2D eigenvalue weighted by Crippen LogP contribution is -2.41. The molecule has 1 aromatic heterocycles. The maximum absolute atomic E-state index is 11.8. The smallest absolute Gasteiger partial charge is 0.299 e. The minimum Gasteiger partial charge on any atom is -0.379 e. The molecule has 7 nitrogen and oxygen atoms in total. The van der Waals surface area contributed by atoms with Crippen LogP contribution in [-0.2, 0) is 4.74 Å². The Hall–Kier alpha value is -1.22. The van der Waals surface area contributed by atoms with Crippen molar-refractivity contribution in [1.29, 1.82) is 0 Å². The van der Waals surface area contributed by atoms with Gasteiger partial charge in [-0.1, -0.05) is 11.6 Å². The molecule has 0 aliphatic carbocycles. The van der Waals surface area contributed by atoms with Crippen molar-refractivity contribution in [3.8, 4) is 0 Å². The van der Waals surface area contributed by atoms with E-state index >= 15 is 0 Å². The van der Waals surface area contributed by atoms with E-state index in [2.05, 4.69) is 10.2 Å². The molecule has 0 radical (unpaired) electrons. The fraction of sp³-hybridized carbons (Fsp3) is 0.545. The highest BCUT2D eigenvalue weighted by atomic mass is 35.5. The van der Waals surface area contributed by atoms with E-state index < -0.39 is 4.92 Å². The summed E-state index contributed by atoms with van der Waals surface area (Å²) in [4.78, 5) is 24.4. The van der Waals surface area contributed by atoms with Gasteiger partial charge < -0.3 is 10.1 Å². The summed E-state index contributed by atoms with van der Waals surface area (Å²) in [7, 11) is 0. The van der Waals surface area contributed by atoms with Crippen LogP contribution in [0.3, 0.4) is 0 Å². The van der Waals surface area contributed by atoms with Crippen molar-refractivity contribution in [2.75, 3.05) is 39.4 Å². The first kappa shape index (κ1) is 15.2. The third-order valence-corrected chi connectivity index (χ3v) is 4.24. The number of nitro groups is 1. The number of carbonyl (C=O) groups is 1. The monoisotopic (exact) mass is 319 g/mol. The van der Waals surface area contributed by atoms with Crippen LogP contribution in [0.4, 0.5) is 5.69 Å². The molecule has 1 N–H and O–H groups in total. The van der Waals surface area contributed by atoms with E-state index in [9.17, 15) is 14.9 Å². The van der Waals surface area contributed by atoms with E-state index in [-0.39, 0.29) is 20.8 Å². The van der Waals surface area contributed by atoms with E-state index in [1.165, 1.54) is 6.07 Å². The summed E-state index contributed by atoms with van der Waals surface area (Å²) in [5, 5.41) is 13.4. The fourth-order valence-electron chi connectivity index (χ4n) is 1.84. The number of ether oxygens (including phenoxy) is 1. The van der Waals surface area contributed by atoms with Crippen LogP contribution < -0.4 is 5.32 Å². The van der Waals surface area contributed by atoms with Crippen molar-refractivity contribution in [1.82, 2.24) is 10.2 Å². The molecule has 0 saturated carbocycles. The molecule has 0 unspecified atom stereocenters. The number of carbonyl (C=O) groups excluding carboxylic acids is 1. The minimum atomic E-state index is -0.594. The van der Waals surface area contributed by atoms with Crippen molar-refractivity contribution >= 4 is 34.5 Å². The number of nitrogens with one attached hydrogen (secondary N) is 1. The summed E-state index contributed by atoms with van der Waals surface area (Å²) in [6.07, 6.45) is 0. The molecular formula is C11H14ClN3O4S. The lowest BCUT2D eigenvalue weighted by Gasteiger charge is -2.26. The summed E-state index contributed by atoms with van der Waals surface area (Å²) in [6.45, 7) is 4.35. The molecule has 1 amide bonds. The summed E-state index contributed by atoms with van der Waals surface area (Å²) in [5.74, 6) is -0.335. The van der Waals surface area contributed by atoms with Crippen LogP contribution in [0.2, 0.25) is 4.34 Å². The topological polar surface area (TPSA) is 84.7 Å². The van der Waals surface area contributed by atoms with E-state index in [0.717, 1.165) is 31.0 Å². The highest BCUT2D eigenvalue weighted by molar-refractivity contribution is 7.18. The van der Waals surface area contributed by atoms with Crippen LogP contribution in [0.1, 0.15) is 9.67 Å². The standard InChI is InChI=1S/C11H14ClN3O4S/c12-10-8(15(17)18)7-9(20-10)11(16)13-1-2-14-3-5-19-6-4-14/h7H,1-6H2,(H,13,16). The number of hydrogen-bond acceptors (Lipinski definition) is 6. The lowest BCUT2D eigenvalue weighted by molar-refractivity contribution is -0.384. The maximum Gasteiger partial charge on any atom is 0.299 e. The predicted molar refractivity (Wildman–Crippen MR) is 75.6 cm³/mol. The van der Waals surface area contributed by atoms with Gasteiger partial charge in [-0.05, 0) is 0 Å². The molecule has 2 rings (SSSR count). The van der Waals surface area contributed by atoms with E-state index in [1.54, 1.807) is 0 Å². The van der Waals surface area contributed by atoms with Crippen LogP contribution in [0.15, 0.2) is 6.07 Å². The number of morpholine rings is 1. The molecule has 0 aromatic carbocycles. The molecular weight excluding hydrogens is 306 g/mol. The summed E-state index contributed by atoms with van der Waals surface area (Å²) in [5.41, 5.74) is -0.227.